The zero-order chi connectivity index (χ0) is 15.7. The predicted octanol–water partition coefficient (Wildman–Crippen LogP) is 3.27. The highest BCUT2D eigenvalue weighted by atomic mass is 32.2. The Balaban J connectivity index is 1.98. The molecule has 0 aliphatic carbocycles. The molecule has 22 heavy (non-hydrogen) atoms. The zero-order valence-electron chi connectivity index (χ0n) is 12.3. The van der Waals surface area contributed by atoms with Gasteiger partial charge in [-0.2, -0.15) is 0 Å². The maximum atomic E-state index is 12.4. The second-order valence-corrected chi connectivity index (χ2v) is 7.92. The van der Waals surface area contributed by atoms with Crippen molar-refractivity contribution in [2.45, 2.75) is 30.6 Å². The van der Waals surface area contributed by atoms with Crippen molar-refractivity contribution < 1.29 is 17.9 Å². The highest BCUT2D eigenvalue weighted by Gasteiger charge is 2.24. The number of rotatable bonds is 5. The van der Waals surface area contributed by atoms with Crippen molar-refractivity contribution in [2.24, 2.45) is 0 Å². The third kappa shape index (κ3) is 2.91. The lowest BCUT2D eigenvalue weighted by molar-refractivity contribution is 0.254. The van der Waals surface area contributed by atoms with Gasteiger partial charge in [-0.15, -0.1) is 11.3 Å². The standard InChI is InChI=1S/C15H17NO4S2/c1-3-19-14-8-11-7-10(2)20-13(11)9-12(14)16-22(17,18)15-5-4-6-21-15/h4-6,8-10,16H,3,7H2,1-2H3/t10-/m0/s1. The van der Waals surface area contributed by atoms with Gasteiger partial charge in [0.1, 0.15) is 21.8 Å². The van der Waals surface area contributed by atoms with Gasteiger partial charge in [-0.25, -0.2) is 8.42 Å². The smallest absolute Gasteiger partial charge is 0.271 e. The maximum Gasteiger partial charge on any atom is 0.271 e. The molecular weight excluding hydrogens is 322 g/mol. The monoisotopic (exact) mass is 339 g/mol. The summed E-state index contributed by atoms with van der Waals surface area (Å²) in [5.41, 5.74) is 1.44. The van der Waals surface area contributed by atoms with Crippen molar-refractivity contribution >= 4 is 27.0 Å². The highest BCUT2D eigenvalue weighted by molar-refractivity contribution is 7.94. The molecule has 0 saturated heterocycles. The van der Waals surface area contributed by atoms with E-state index in [1.165, 1.54) is 11.3 Å². The fraction of sp³-hybridized carbons (Fsp3) is 0.333. The van der Waals surface area contributed by atoms with Gasteiger partial charge >= 0.3 is 0 Å². The van der Waals surface area contributed by atoms with Crippen molar-refractivity contribution in [1.29, 1.82) is 0 Å². The van der Waals surface area contributed by atoms with Gasteiger partial charge in [0.25, 0.3) is 10.0 Å². The Morgan fingerprint density at radius 2 is 2.27 bits per heavy atom. The van der Waals surface area contributed by atoms with Crippen LogP contribution in [0.4, 0.5) is 5.69 Å². The Hall–Kier alpha value is -1.73. The number of anilines is 1. The van der Waals surface area contributed by atoms with Crippen LogP contribution in [0.25, 0.3) is 0 Å². The number of sulfonamides is 1. The van der Waals surface area contributed by atoms with Crippen LogP contribution in [0.15, 0.2) is 33.9 Å². The first-order valence-electron chi connectivity index (χ1n) is 7.02. The van der Waals surface area contributed by atoms with Gasteiger partial charge in [0.15, 0.2) is 0 Å². The first-order valence-corrected chi connectivity index (χ1v) is 9.38. The van der Waals surface area contributed by atoms with E-state index in [4.69, 9.17) is 9.47 Å². The largest absolute Gasteiger partial charge is 0.492 e. The Bertz CT molecular complexity index is 769. The molecule has 2 heterocycles. The Labute approximate surface area is 133 Å². The number of thiophene rings is 1. The van der Waals surface area contributed by atoms with Gasteiger partial charge in [0, 0.05) is 18.1 Å². The van der Waals surface area contributed by atoms with Gasteiger partial charge < -0.3 is 9.47 Å². The third-order valence-electron chi connectivity index (χ3n) is 3.30. The molecule has 7 heteroatoms. The molecule has 0 amide bonds. The zero-order valence-corrected chi connectivity index (χ0v) is 14.0. The van der Waals surface area contributed by atoms with E-state index in [1.807, 2.05) is 19.9 Å². The Morgan fingerprint density at radius 3 is 2.95 bits per heavy atom. The Kier molecular flexibility index (Phi) is 4.01. The molecular formula is C15H17NO4S2. The number of fused-ring (bicyclic) bond motifs is 1. The quantitative estimate of drug-likeness (QED) is 0.908. The lowest BCUT2D eigenvalue weighted by atomic mass is 10.1. The van der Waals surface area contributed by atoms with Crippen molar-refractivity contribution in [1.82, 2.24) is 0 Å². The van der Waals surface area contributed by atoms with Gasteiger partial charge in [-0.1, -0.05) is 6.07 Å². The SMILES string of the molecule is CCOc1cc2c(cc1NS(=O)(=O)c1cccs1)O[C@@H](C)C2. The fourth-order valence-electron chi connectivity index (χ4n) is 2.41. The molecule has 0 unspecified atom stereocenters. The van der Waals surface area contributed by atoms with Crippen molar-refractivity contribution in [3.63, 3.8) is 0 Å². The van der Waals surface area contributed by atoms with E-state index < -0.39 is 10.0 Å². The van der Waals surface area contributed by atoms with E-state index in [1.54, 1.807) is 23.6 Å². The summed E-state index contributed by atoms with van der Waals surface area (Å²) in [6.07, 6.45) is 0.890. The van der Waals surface area contributed by atoms with Gasteiger partial charge in [0.2, 0.25) is 0 Å². The van der Waals surface area contributed by atoms with E-state index in [2.05, 4.69) is 4.72 Å². The molecule has 1 aromatic carbocycles. The van der Waals surface area contributed by atoms with E-state index in [-0.39, 0.29) is 10.3 Å². The molecule has 5 nitrogen and oxygen atoms in total. The van der Waals surface area contributed by atoms with Crippen LogP contribution in [0.5, 0.6) is 11.5 Å². The van der Waals surface area contributed by atoms with Crippen LogP contribution in [0, 0.1) is 0 Å². The average Bonchev–Trinajstić information content (AvgIpc) is 3.07. The molecule has 0 fully saturated rings. The summed E-state index contributed by atoms with van der Waals surface area (Å²) in [7, 11) is -3.61. The summed E-state index contributed by atoms with van der Waals surface area (Å²) < 4.78 is 38.9. The second-order valence-electron chi connectivity index (χ2n) is 5.06. The second kappa shape index (κ2) is 5.81. The lowest BCUT2D eigenvalue weighted by Crippen LogP contribution is -2.12. The van der Waals surface area contributed by atoms with E-state index in [9.17, 15) is 8.42 Å². The van der Waals surface area contributed by atoms with Crippen LogP contribution in [-0.4, -0.2) is 21.1 Å². The van der Waals surface area contributed by atoms with Gasteiger partial charge in [-0.05, 0) is 31.4 Å². The molecule has 0 spiro atoms. The fourth-order valence-corrected chi connectivity index (χ4v) is 4.46. The average molecular weight is 339 g/mol. The van der Waals surface area contributed by atoms with Crippen molar-refractivity contribution in [3.05, 3.63) is 35.2 Å². The van der Waals surface area contributed by atoms with Crippen molar-refractivity contribution in [2.75, 3.05) is 11.3 Å². The summed E-state index contributed by atoms with van der Waals surface area (Å²) >= 11 is 1.17. The highest BCUT2D eigenvalue weighted by Crippen LogP contribution is 2.39. The number of benzene rings is 1. The number of hydrogen-bond acceptors (Lipinski definition) is 5. The molecule has 0 bridgehead atoms. The topological polar surface area (TPSA) is 64.6 Å². The molecule has 1 aliphatic rings. The predicted molar refractivity (Wildman–Crippen MR) is 86.5 cm³/mol. The minimum absolute atomic E-state index is 0.0913. The molecule has 1 aromatic heterocycles. The molecule has 2 aromatic rings. The maximum absolute atomic E-state index is 12.4. The van der Waals surface area contributed by atoms with Gasteiger partial charge in [-0.3, -0.25) is 4.72 Å². The first kappa shape index (κ1) is 15.2. The summed E-state index contributed by atoms with van der Waals surface area (Å²) in [5.74, 6) is 1.24. The molecule has 0 saturated carbocycles. The van der Waals surface area contributed by atoms with E-state index in [0.29, 0.717) is 23.8 Å². The normalized spacial score (nSPS) is 16.9. The van der Waals surface area contributed by atoms with Crippen LogP contribution in [0.2, 0.25) is 0 Å². The molecule has 1 atom stereocenters. The molecule has 118 valence electrons. The lowest BCUT2D eigenvalue weighted by Gasteiger charge is -2.14. The van der Waals surface area contributed by atoms with E-state index >= 15 is 0 Å². The molecule has 1 aliphatic heterocycles. The third-order valence-corrected chi connectivity index (χ3v) is 6.07. The van der Waals surface area contributed by atoms with E-state index in [0.717, 1.165) is 12.0 Å². The molecule has 0 radical (unpaired) electrons. The van der Waals surface area contributed by atoms with Crippen LogP contribution < -0.4 is 14.2 Å². The van der Waals surface area contributed by atoms with Crippen LogP contribution in [-0.2, 0) is 16.4 Å². The summed E-state index contributed by atoms with van der Waals surface area (Å²) in [6.45, 7) is 4.31. The number of ether oxygens (including phenoxy) is 2. The van der Waals surface area contributed by atoms with Crippen molar-refractivity contribution in [3.8, 4) is 11.5 Å². The van der Waals surface area contributed by atoms with Crippen LogP contribution in [0.1, 0.15) is 19.4 Å². The summed E-state index contributed by atoms with van der Waals surface area (Å²) in [4.78, 5) is 0. The number of nitrogens with one attached hydrogen (secondary N) is 1. The first-order chi connectivity index (χ1) is 10.5. The molecule has 3 rings (SSSR count). The minimum Gasteiger partial charge on any atom is -0.492 e. The molecule has 1 N–H and O–H groups in total. The summed E-state index contributed by atoms with van der Waals surface area (Å²) in [5, 5.41) is 1.73. The summed E-state index contributed by atoms with van der Waals surface area (Å²) in [6, 6.07) is 6.83. The Morgan fingerprint density at radius 1 is 1.45 bits per heavy atom. The van der Waals surface area contributed by atoms with Gasteiger partial charge in [0.05, 0.1) is 12.3 Å². The minimum atomic E-state index is -3.61. The van der Waals surface area contributed by atoms with Crippen LogP contribution in [0.3, 0.4) is 0 Å². The van der Waals surface area contributed by atoms with Crippen LogP contribution >= 0.6 is 11.3 Å². The number of hydrogen-bond donors (Lipinski definition) is 1.